The van der Waals surface area contributed by atoms with Crippen LogP contribution in [-0.2, 0) is 14.1 Å². The molecule has 0 unspecified atom stereocenters. The van der Waals surface area contributed by atoms with Crippen molar-refractivity contribution in [2.45, 2.75) is 0 Å². The zero-order valence-electron chi connectivity index (χ0n) is 19.9. The van der Waals surface area contributed by atoms with Gasteiger partial charge in [0.25, 0.3) is 0 Å². The summed E-state index contributed by atoms with van der Waals surface area (Å²) in [5, 5.41) is 0. The standard InChI is InChI=1S/C30H24N2O4/c1-31-19-23(21-10-5-3-6-11-21)16-27(31)29(33)35-25-14-9-15-26(18-25)36-30(34)28-17-24(20-32(28)2)22-12-7-4-8-13-22/h3-20H,1-2H3. The van der Waals surface area contributed by atoms with Crippen molar-refractivity contribution in [1.29, 1.82) is 0 Å². The average Bonchev–Trinajstić information content (AvgIpc) is 3.48. The Balaban J connectivity index is 1.30. The fourth-order valence-corrected chi connectivity index (χ4v) is 4.03. The number of esters is 2. The number of aromatic nitrogens is 2. The minimum atomic E-state index is -0.502. The van der Waals surface area contributed by atoms with E-state index in [0.717, 1.165) is 22.3 Å². The number of nitrogens with zero attached hydrogens (tertiary/aromatic N) is 2. The van der Waals surface area contributed by atoms with Gasteiger partial charge in [-0.25, -0.2) is 9.59 Å². The van der Waals surface area contributed by atoms with Crippen LogP contribution in [-0.4, -0.2) is 21.1 Å². The highest BCUT2D eigenvalue weighted by atomic mass is 16.5. The van der Waals surface area contributed by atoms with Gasteiger partial charge in [0.05, 0.1) is 0 Å². The highest BCUT2D eigenvalue weighted by Gasteiger charge is 2.18. The van der Waals surface area contributed by atoms with Gasteiger partial charge in [0.2, 0.25) is 0 Å². The summed E-state index contributed by atoms with van der Waals surface area (Å²) in [5.74, 6) is -0.439. The van der Waals surface area contributed by atoms with Crippen molar-refractivity contribution in [3.63, 3.8) is 0 Å². The summed E-state index contributed by atoms with van der Waals surface area (Å²) in [6.45, 7) is 0. The molecule has 5 rings (SSSR count). The Hall–Kier alpha value is -4.84. The molecule has 2 aromatic heterocycles. The van der Waals surface area contributed by atoms with E-state index in [4.69, 9.17) is 9.47 Å². The number of hydrogen-bond acceptors (Lipinski definition) is 4. The number of carbonyl (C=O) groups is 2. The van der Waals surface area contributed by atoms with Crippen LogP contribution in [0.5, 0.6) is 11.5 Å². The SMILES string of the molecule is Cn1cc(-c2ccccc2)cc1C(=O)Oc1cccc(OC(=O)c2cc(-c3ccccc3)cn2C)c1. The Labute approximate surface area is 209 Å². The van der Waals surface area contributed by atoms with Crippen molar-refractivity contribution in [2.24, 2.45) is 14.1 Å². The molecule has 0 atom stereocenters. The molecule has 0 amide bonds. The van der Waals surface area contributed by atoms with Gasteiger partial charge in [-0.1, -0.05) is 66.7 Å². The molecule has 0 aliphatic heterocycles. The van der Waals surface area contributed by atoms with Crippen molar-refractivity contribution >= 4 is 11.9 Å². The molecular weight excluding hydrogens is 452 g/mol. The van der Waals surface area contributed by atoms with Crippen molar-refractivity contribution in [3.05, 3.63) is 121 Å². The number of rotatable bonds is 6. The molecule has 0 fully saturated rings. The first-order valence-corrected chi connectivity index (χ1v) is 11.5. The van der Waals surface area contributed by atoms with Crippen LogP contribution in [0.1, 0.15) is 21.0 Å². The smallest absolute Gasteiger partial charge is 0.360 e. The van der Waals surface area contributed by atoms with Gasteiger partial charge in [-0.2, -0.15) is 0 Å². The highest BCUT2D eigenvalue weighted by molar-refractivity contribution is 5.92. The molecule has 0 saturated heterocycles. The second-order valence-electron chi connectivity index (χ2n) is 8.44. The third-order valence-electron chi connectivity index (χ3n) is 5.87. The van der Waals surface area contributed by atoms with E-state index in [-0.39, 0.29) is 11.5 Å². The molecule has 0 bridgehead atoms. The Morgan fingerprint density at radius 1 is 0.528 bits per heavy atom. The lowest BCUT2D eigenvalue weighted by Crippen LogP contribution is -2.14. The van der Waals surface area contributed by atoms with Crippen LogP contribution in [0.2, 0.25) is 0 Å². The van der Waals surface area contributed by atoms with Crippen LogP contribution < -0.4 is 9.47 Å². The molecule has 0 aliphatic rings. The summed E-state index contributed by atoms with van der Waals surface area (Å²) in [6, 6.07) is 29.7. The average molecular weight is 477 g/mol. The molecule has 0 spiro atoms. The first kappa shape index (κ1) is 22.9. The first-order chi connectivity index (χ1) is 17.5. The number of aryl methyl sites for hydroxylation is 2. The van der Waals surface area contributed by atoms with Crippen LogP contribution in [0.15, 0.2) is 109 Å². The van der Waals surface area contributed by atoms with Gasteiger partial charge < -0.3 is 18.6 Å². The molecule has 0 radical (unpaired) electrons. The van der Waals surface area contributed by atoms with E-state index in [9.17, 15) is 9.59 Å². The zero-order valence-corrected chi connectivity index (χ0v) is 19.9. The van der Waals surface area contributed by atoms with Gasteiger partial charge in [-0.05, 0) is 35.4 Å². The Kier molecular flexibility index (Phi) is 6.24. The second kappa shape index (κ2) is 9.80. The van der Waals surface area contributed by atoms with E-state index in [2.05, 4.69) is 0 Å². The van der Waals surface area contributed by atoms with Crippen molar-refractivity contribution in [3.8, 4) is 33.8 Å². The van der Waals surface area contributed by atoms with Crippen molar-refractivity contribution < 1.29 is 19.1 Å². The van der Waals surface area contributed by atoms with Crippen molar-refractivity contribution in [1.82, 2.24) is 9.13 Å². The number of benzene rings is 3. The minimum Gasteiger partial charge on any atom is -0.422 e. The largest absolute Gasteiger partial charge is 0.422 e. The number of ether oxygens (including phenoxy) is 2. The summed E-state index contributed by atoms with van der Waals surface area (Å²) < 4.78 is 14.6. The van der Waals surface area contributed by atoms with Gasteiger partial charge in [0.1, 0.15) is 22.9 Å². The highest BCUT2D eigenvalue weighted by Crippen LogP contribution is 2.26. The molecule has 0 saturated carbocycles. The Morgan fingerprint density at radius 2 is 0.944 bits per heavy atom. The lowest BCUT2D eigenvalue weighted by molar-refractivity contribution is 0.0723. The fraction of sp³-hybridized carbons (Fsp3) is 0.0667. The predicted octanol–water partition coefficient (Wildman–Crippen LogP) is 6.14. The molecule has 3 aromatic carbocycles. The van der Waals surface area contributed by atoms with Crippen LogP contribution in [0, 0.1) is 0 Å². The summed E-state index contributed by atoms with van der Waals surface area (Å²) in [6.07, 6.45) is 3.77. The monoisotopic (exact) mass is 476 g/mol. The second-order valence-corrected chi connectivity index (χ2v) is 8.44. The van der Waals surface area contributed by atoms with Gasteiger partial charge in [-0.15, -0.1) is 0 Å². The van der Waals surface area contributed by atoms with E-state index < -0.39 is 11.9 Å². The molecule has 6 nitrogen and oxygen atoms in total. The van der Waals surface area contributed by atoms with Crippen LogP contribution >= 0.6 is 0 Å². The third kappa shape index (κ3) is 4.83. The molecule has 2 heterocycles. The first-order valence-electron chi connectivity index (χ1n) is 11.5. The molecule has 0 aliphatic carbocycles. The maximum Gasteiger partial charge on any atom is 0.360 e. The molecular formula is C30H24N2O4. The van der Waals surface area contributed by atoms with Crippen LogP contribution in [0.25, 0.3) is 22.3 Å². The topological polar surface area (TPSA) is 62.5 Å². The summed E-state index contributed by atoms with van der Waals surface area (Å²) in [5.41, 5.74) is 4.69. The van der Waals surface area contributed by atoms with E-state index in [1.807, 2.05) is 73.1 Å². The fourth-order valence-electron chi connectivity index (χ4n) is 4.03. The summed E-state index contributed by atoms with van der Waals surface area (Å²) in [4.78, 5) is 25.7. The van der Waals surface area contributed by atoms with E-state index in [1.165, 1.54) is 6.07 Å². The third-order valence-corrected chi connectivity index (χ3v) is 5.87. The number of carbonyl (C=O) groups excluding carboxylic acids is 2. The van der Waals surface area contributed by atoms with Gasteiger partial charge in [-0.3, -0.25) is 0 Å². The van der Waals surface area contributed by atoms with Crippen molar-refractivity contribution in [2.75, 3.05) is 0 Å². The quantitative estimate of drug-likeness (QED) is 0.218. The number of hydrogen-bond donors (Lipinski definition) is 0. The lowest BCUT2D eigenvalue weighted by atomic mass is 10.1. The van der Waals surface area contributed by atoms with Gasteiger partial charge in [0.15, 0.2) is 0 Å². The normalized spacial score (nSPS) is 10.7. The Morgan fingerprint density at radius 3 is 1.36 bits per heavy atom. The maximum absolute atomic E-state index is 12.9. The molecule has 178 valence electrons. The van der Waals surface area contributed by atoms with E-state index >= 15 is 0 Å². The van der Waals surface area contributed by atoms with Gasteiger partial charge >= 0.3 is 11.9 Å². The van der Waals surface area contributed by atoms with Crippen LogP contribution in [0.4, 0.5) is 0 Å². The summed E-state index contributed by atoms with van der Waals surface area (Å²) in [7, 11) is 3.59. The zero-order chi connectivity index (χ0) is 25.1. The molecule has 36 heavy (non-hydrogen) atoms. The van der Waals surface area contributed by atoms with E-state index in [1.54, 1.807) is 53.6 Å². The summed E-state index contributed by atoms with van der Waals surface area (Å²) >= 11 is 0. The maximum atomic E-state index is 12.9. The Bertz CT molecular complexity index is 1420. The molecule has 6 heteroatoms. The minimum absolute atomic E-state index is 0.282. The predicted molar refractivity (Wildman–Crippen MR) is 138 cm³/mol. The lowest BCUT2D eigenvalue weighted by Gasteiger charge is -2.08. The van der Waals surface area contributed by atoms with E-state index in [0.29, 0.717) is 11.4 Å². The van der Waals surface area contributed by atoms with Crippen LogP contribution in [0.3, 0.4) is 0 Å². The molecule has 0 N–H and O–H groups in total. The van der Waals surface area contributed by atoms with Gasteiger partial charge in [0, 0.05) is 43.7 Å². The molecule has 5 aromatic rings.